The number of carbonyl (C=O) groups is 4. The number of hydrogen-bond donors (Lipinski definition) is 2. The second kappa shape index (κ2) is 15.0. The number of phenols is 1. The third kappa shape index (κ3) is 6.39. The molecule has 310 valence electrons. The average molecular weight is 859 g/mol. The summed E-state index contributed by atoms with van der Waals surface area (Å²) in [5.41, 5.74) is 2.85. The second-order valence-electron chi connectivity index (χ2n) is 16.5. The van der Waals surface area contributed by atoms with Gasteiger partial charge in [0.1, 0.15) is 5.75 Å². The molecule has 60 heavy (non-hydrogen) atoms. The predicted octanol–water partition coefficient (Wildman–Crippen LogP) is 8.07. The number of halogens is 5. The number of hydrogen-bond acceptors (Lipinski definition) is 8. The number of carbonyl (C=O) groups excluding carboxylic acids is 4. The molecule has 0 bridgehead atoms. The minimum Gasteiger partial charge on any atom is -0.507 e. The van der Waals surface area contributed by atoms with Crippen LogP contribution in [-0.4, -0.2) is 67.7 Å². The molecule has 10 nitrogen and oxygen atoms in total. The van der Waals surface area contributed by atoms with Gasteiger partial charge in [0.05, 0.1) is 33.8 Å². The quantitative estimate of drug-likeness (QED) is 0.141. The fourth-order valence-electron chi connectivity index (χ4n) is 10.6. The summed E-state index contributed by atoms with van der Waals surface area (Å²) in [5, 5.41) is 12.5. The van der Waals surface area contributed by atoms with E-state index < -0.39 is 63.6 Å². The number of amides is 4. The van der Waals surface area contributed by atoms with Crippen molar-refractivity contribution in [1.82, 2.24) is 19.8 Å². The van der Waals surface area contributed by atoms with E-state index in [1.54, 1.807) is 49.4 Å². The topological polar surface area (TPSA) is 123 Å². The van der Waals surface area contributed by atoms with Crippen molar-refractivity contribution >= 4 is 52.6 Å². The Balaban J connectivity index is 1.12. The summed E-state index contributed by atoms with van der Waals surface area (Å²) >= 11 is 12.7. The normalized spacial score (nSPS) is 27.2. The molecule has 4 heterocycles. The molecule has 1 saturated carbocycles. The van der Waals surface area contributed by atoms with Crippen molar-refractivity contribution in [2.75, 3.05) is 18.5 Å². The number of allylic oxidation sites excluding steroid dienone is 2. The standard InChI is InChI=1S/C45H40Cl2F3N5O5/c1-24-6-5-9-32(38(24)56)37-30-14-15-31-36(42(59)54(40(31)57)29-16-18-53(19-17-29)23-25-7-3-2-4-8-25)33(30)21-34-41(58)55(43(60)44(34,37)26-10-12-28(46)13-11-26)52-39-35(47)20-27(22-51-39)45(48,49)50/h2-14,20,22,29,31,33-34,36-37,56H,15-19,21,23H2,1H3,(H,51,52). The summed E-state index contributed by atoms with van der Waals surface area (Å²) in [5.74, 6) is -6.89. The fraction of sp³-hybridized carbons (Fsp3) is 0.356. The molecule has 15 heteroatoms. The number of alkyl halides is 3. The van der Waals surface area contributed by atoms with E-state index in [4.69, 9.17) is 23.2 Å². The van der Waals surface area contributed by atoms with Crippen LogP contribution >= 0.6 is 23.2 Å². The minimum absolute atomic E-state index is 0.0159. The monoisotopic (exact) mass is 857 g/mol. The number of benzene rings is 3. The first-order chi connectivity index (χ1) is 28.7. The number of piperidine rings is 1. The summed E-state index contributed by atoms with van der Waals surface area (Å²) in [4.78, 5) is 67.2. The zero-order chi connectivity index (χ0) is 42.2. The van der Waals surface area contributed by atoms with Gasteiger partial charge in [-0.25, -0.2) is 4.98 Å². The third-order valence-electron chi connectivity index (χ3n) is 13.3. The first kappa shape index (κ1) is 40.2. The van der Waals surface area contributed by atoms with Crippen LogP contribution in [0.1, 0.15) is 59.4 Å². The number of nitrogens with one attached hydrogen (secondary N) is 1. The third-order valence-corrected chi connectivity index (χ3v) is 13.9. The lowest BCUT2D eigenvalue weighted by Crippen LogP contribution is -2.53. The van der Waals surface area contributed by atoms with Crippen LogP contribution in [0.25, 0.3) is 0 Å². The van der Waals surface area contributed by atoms with Gasteiger partial charge in [-0.3, -0.25) is 34.4 Å². The Labute approximate surface area is 353 Å². The van der Waals surface area contributed by atoms with Gasteiger partial charge in [-0.05, 0) is 73.4 Å². The number of likely N-dealkylation sites (tertiary alicyclic amines) is 2. The molecule has 3 saturated heterocycles. The van der Waals surface area contributed by atoms with Gasteiger partial charge in [0, 0.05) is 48.4 Å². The number of pyridine rings is 1. The van der Waals surface area contributed by atoms with E-state index in [-0.39, 0.29) is 42.3 Å². The zero-order valence-corrected chi connectivity index (χ0v) is 33.8. The van der Waals surface area contributed by atoms with Gasteiger partial charge in [-0.15, -0.1) is 0 Å². The number of aromatic hydroxyl groups is 1. The smallest absolute Gasteiger partial charge is 0.417 e. The Morgan fingerprint density at radius 2 is 1.62 bits per heavy atom. The van der Waals surface area contributed by atoms with Crippen molar-refractivity contribution in [2.45, 2.75) is 62.7 Å². The second-order valence-corrected chi connectivity index (χ2v) is 17.3. The molecule has 0 spiro atoms. The van der Waals surface area contributed by atoms with E-state index in [1.807, 2.05) is 24.3 Å². The number of rotatable bonds is 7. The van der Waals surface area contributed by atoms with Crippen LogP contribution in [-0.2, 0) is 37.3 Å². The van der Waals surface area contributed by atoms with Gasteiger partial charge < -0.3 is 5.11 Å². The Hall–Kier alpha value is -5.24. The van der Waals surface area contributed by atoms with Gasteiger partial charge in [0.2, 0.25) is 11.8 Å². The lowest BCUT2D eigenvalue weighted by molar-refractivity contribution is -0.144. The first-order valence-corrected chi connectivity index (χ1v) is 20.7. The van der Waals surface area contributed by atoms with Crippen LogP contribution in [0.3, 0.4) is 0 Å². The van der Waals surface area contributed by atoms with Crippen molar-refractivity contribution in [3.63, 3.8) is 0 Å². The van der Waals surface area contributed by atoms with Crippen LogP contribution in [0.15, 0.2) is 96.7 Å². The molecule has 6 atom stereocenters. The maximum absolute atomic E-state index is 15.4. The molecule has 2 N–H and O–H groups in total. The number of aryl methyl sites for hydroxylation is 1. The molecule has 4 fully saturated rings. The summed E-state index contributed by atoms with van der Waals surface area (Å²) in [6.07, 6.45) is -0.860. The van der Waals surface area contributed by atoms with E-state index in [2.05, 4.69) is 27.4 Å². The number of fused-ring (bicyclic) bond motifs is 4. The average Bonchev–Trinajstić information content (AvgIpc) is 3.61. The van der Waals surface area contributed by atoms with Gasteiger partial charge in [-0.2, -0.15) is 18.2 Å². The molecule has 9 rings (SSSR count). The molecule has 6 unspecified atom stereocenters. The molecule has 5 aliphatic rings. The van der Waals surface area contributed by atoms with E-state index in [9.17, 15) is 32.7 Å². The van der Waals surface area contributed by atoms with Crippen LogP contribution < -0.4 is 5.43 Å². The van der Waals surface area contributed by atoms with Crippen molar-refractivity contribution in [2.24, 2.45) is 23.7 Å². The maximum Gasteiger partial charge on any atom is 0.417 e. The molecule has 0 radical (unpaired) electrons. The van der Waals surface area contributed by atoms with Crippen molar-refractivity contribution in [3.05, 3.63) is 135 Å². The number of nitrogens with zero attached hydrogens (tertiary/aromatic N) is 4. The Morgan fingerprint density at radius 1 is 0.900 bits per heavy atom. The zero-order valence-electron chi connectivity index (χ0n) is 32.3. The highest BCUT2D eigenvalue weighted by Gasteiger charge is 2.71. The van der Waals surface area contributed by atoms with E-state index in [0.29, 0.717) is 65.5 Å². The Bertz CT molecular complexity index is 2440. The first-order valence-electron chi connectivity index (χ1n) is 20.0. The Morgan fingerprint density at radius 3 is 2.30 bits per heavy atom. The summed E-state index contributed by atoms with van der Waals surface area (Å²) in [6, 6.07) is 22.1. The Kier molecular flexibility index (Phi) is 10.1. The lowest BCUT2D eigenvalue weighted by atomic mass is 9.49. The van der Waals surface area contributed by atoms with Gasteiger partial charge >= 0.3 is 6.18 Å². The lowest BCUT2D eigenvalue weighted by Gasteiger charge is -2.50. The highest BCUT2D eigenvalue weighted by atomic mass is 35.5. The van der Waals surface area contributed by atoms with Gasteiger partial charge in [0.25, 0.3) is 11.8 Å². The van der Waals surface area contributed by atoms with Crippen molar-refractivity contribution in [3.8, 4) is 5.75 Å². The van der Waals surface area contributed by atoms with Crippen molar-refractivity contribution < 1.29 is 37.5 Å². The molecule has 2 aliphatic carbocycles. The maximum atomic E-state index is 15.4. The molecule has 4 amide bonds. The highest BCUT2D eigenvalue weighted by molar-refractivity contribution is 6.33. The van der Waals surface area contributed by atoms with Crippen molar-refractivity contribution in [1.29, 1.82) is 0 Å². The minimum atomic E-state index is -4.75. The molecular formula is C45H40Cl2F3N5O5. The number of aromatic nitrogens is 1. The number of imide groups is 2. The van der Waals surface area contributed by atoms with Gasteiger partial charge in [-0.1, -0.05) is 95.5 Å². The van der Waals surface area contributed by atoms with Crippen LogP contribution in [0.4, 0.5) is 19.0 Å². The van der Waals surface area contributed by atoms with Crippen LogP contribution in [0, 0.1) is 30.6 Å². The molecule has 3 aromatic carbocycles. The van der Waals surface area contributed by atoms with Crippen LogP contribution in [0.2, 0.25) is 10.0 Å². The van der Waals surface area contributed by atoms with E-state index in [0.717, 1.165) is 11.6 Å². The largest absolute Gasteiger partial charge is 0.507 e. The molecule has 3 aliphatic heterocycles. The summed E-state index contributed by atoms with van der Waals surface area (Å²) in [6.45, 7) is 3.89. The number of phenolic OH excluding ortho intramolecular Hbond substituents is 1. The van der Waals surface area contributed by atoms with Crippen LogP contribution in [0.5, 0.6) is 5.75 Å². The summed E-state index contributed by atoms with van der Waals surface area (Å²) in [7, 11) is 0. The summed E-state index contributed by atoms with van der Waals surface area (Å²) < 4.78 is 40.6. The SMILES string of the molecule is Cc1cccc(C2C3=CCC4C(=O)N(C5CCN(Cc6ccccc6)CC5)C(=O)C4C3CC3C(=O)N(Nc4ncc(C(F)(F)F)cc4Cl)C(=O)C32c2ccc(Cl)cc2)c1O. The number of para-hydroxylation sites is 1. The molecule has 1 aromatic heterocycles. The molecular weight excluding hydrogens is 818 g/mol. The fourth-order valence-corrected chi connectivity index (χ4v) is 10.9. The highest BCUT2D eigenvalue weighted by Crippen LogP contribution is 2.65. The number of hydrazine groups is 1. The molecule has 4 aromatic rings. The predicted molar refractivity (Wildman–Crippen MR) is 216 cm³/mol. The van der Waals surface area contributed by atoms with Gasteiger partial charge in [0.15, 0.2) is 5.82 Å². The van der Waals surface area contributed by atoms with E-state index >= 15 is 4.79 Å². The number of anilines is 1. The van der Waals surface area contributed by atoms with E-state index in [1.165, 1.54) is 10.5 Å².